The van der Waals surface area contributed by atoms with E-state index in [0.29, 0.717) is 10.8 Å². The number of nitrogens with one attached hydrogen (secondary N) is 1. The zero-order valence-electron chi connectivity index (χ0n) is 9.02. The highest BCUT2D eigenvalue weighted by Crippen LogP contribution is 2.30. The average molecular weight is 341 g/mol. The summed E-state index contributed by atoms with van der Waals surface area (Å²) in [6.07, 6.45) is 1.70. The van der Waals surface area contributed by atoms with E-state index < -0.39 is 0 Å². The molecule has 0 aliphatic carbocycles. The van der Waals surface area contributed by atoms with Crippen LogP contribution in [0.25, 0.3) is 10.2 Å². The smallest absolute Gasteiger partial charge is 0.189 e. The number of benzene rings is 1. The van der Waals surface area contributed by atoms with Gasteiger partial charge in [0.1, 0.15) is 0 Å². The molecule has 2 heterocycles. The van der Waals surface area contributed by atoms with E-state index in [-0.39, 0.29) is 0 Å². The van der Waals surface area contributed by atoms with E-state index in [0.717, 1.165) is 19.8 Å². The van der Waals surface area contributed by atoms with Crippen LogP contribution in [0.3, 0.4) is 0 Å². The maximum atomic E-state index is 6.10. The van der Waals surface area contributed by atoms with Crippen LogP contribution in [0.1, 0.15) is 0 Å². The second-order valence-corrected chi connectivity index (χ2v) is 5.95. The number of anilines is 2. The zero-order chi connectivity index (χ0) is 12.5. The van der Waals surface area contributed by atoms with Crippen molar-refractivity contribution in [2.75, 3.05) is 5.32 Å². The molecule has 90 valence electrons. The summed E-state index contributed by atoms with van der Waals surface area (Å²) in [4.78, 5) is 8.69. The number of aromatic nitrogens is 2. The lowest BCUT2D eigenvalue weighted by molar-refractivity contribution is 1.28. The summed E-state index contributed by atoms with van der Waals surface area (Å²) in [5.74, 6) is 0.610. The Morgan fingerprint density at radius 3 is 2.89 bits per heavy atom. The Kier molecular flexibility index (Phi) is 3.20. The predicted molar refractivity (Wildman–Crippen MR) is 79.8 cm³/mol. The number of pyridine rings is 1. The molecule has 0 spiro atoms. The maximum Gasteiger partial charge on any atom is 0.189 e. The van der Waals surface area contributed by atoms with Crippen LogP contribution in [-0.4, -0.2) is 9.97 Å². The first-order valence-electron chi connectivity index (χ1n) is 5.16. The molecule has 0 bridgehead atoms. The van der Waals surface area contributed by atoms with Crippen LogP contribution in [0.4, 0.5) is 10.9 Å². The Morgan fingerprint density at radius 1 is 1.28 bits per heavy atom. The highest BCUT2D eigenvalue weighted by molar-refractivity contribution is 9.10. The number of halogens is 2. The fourth-order valence-electron chi connectivity index (χ4n) is 1.53. The monoisotopic (exact) mass is 339 g/mol. The van der Waals surface area contributed by atoms with Gasteiger partial charge >= 0.3 is 0 Å². The van der Waals surface area contributed by atoms with Crippen LogP contribution in [0.2, 0.25) is 5.02 Å². The molecule has 0 radical (unpaired) electrons. The fraction of sp³-hybridized carbons (Fsp3) is 0. The highest BCUT2D eigenvalue weighted by Gasteiger charge is 2.07. The molecule has 3 rings (SSSR count). The van der Waals surface area contributed by atoms with Gasteiger partial charge in [-0.15, -0.1) is 0 Å². The largest absolute Gasteiger partial charge is 0.315 e. The minimum atomic E-state index is 0.559. The summed E-state index contributed by atoms with van der Waals surface area (Å²) in [6, 6.07) is 9.78. The van der Waals surface area contributed by atoms with Gasteiger partial charge in [0, 0.05) is 10.7 Å². The van der Waals surface area contributed by atoms with Crippen LogP contribution >= 0.6 is 38.9 Å². The van der Waals surface area contributed by atoms with Crippen LogP contribution in [0, 0.1) is 0 Å². The van der Waals surface area contributed by atoms with Crippen molar-refractivity contribution in [3.05, 3.63) is 46.0 Å². The van der Waals surface area contributed by atoms with Crippen molar-refractivity contribution in [2.45, 2.75) is 0 Å². The molecule has 0 atom stereocenters. The summed E-state index contributed by atoms with van der Waals surface area (Å²) in [5.41, 5.74) is 0.971. The normalized spacial score (nSPS) is 10.8. The molecular formula is C12H7BrClN3S. The molecule has 3 aromatic rings. The Morgan fingerprint density at radius 2 is 2.11 bits per heavy atom. The lowest BCUT2D eigenvalue weighted by atomic mass is 10.3. The van der Waals surface area contributed by atoms with Crippen molar-refractivity contribution in [3.63, 3.8) is 0 Å². The third-order valence-electron chi connectivity index (χ3n) is 2.33. The molecule has 1 aromatic carbocycles. The van der Waals surface area contributed by atoms with E-state index in [2.05, 4.69) is 31.2 Å². The molecule has 0 saturated heterocycles. The first-order chi connectivity index (χ1) is 8.72. The van der Waals surface area contributed by atoms with Crippen molar-refractivity contribution in [1.29, 1.82) is 0 Å². The van der Waals surface area contributed by atoms with E-state index in [1.54, 1.807) is 23.6 Å². The second-order valence-electron chi connectivity index (χ2n) is 3.60. The number of fused-ring (bicyclic) bond motifs is 1. The number of thiazole rings is 1. The van der Waals surface area contributed by atoms with E-state index in [9.17, 15) is 0 Å². The van der Waals surface area contributed by atoms with Crippen molar-refractivity contribution >= 4 is 60.0 Å². The molecule has 2 aromatic heterocycles. The lowest BCUT2D eigenvalue weighted by Crippen LogP contribution is -1.93. The van der Waals surface area contributed by atoms with Gasteiger partial charge < -0.3 is 5.32 Å². The van der Waals surface area contributed by atoms with Crippen LogP contribution in [-0.2, 0) is 0 Å². The second kappa shape index (κ2) is 4.84. The van der Waals surface area contributed by atoms with E-state index in [1.807, 2.05) is 24.3 Å². The number of hydrogen-bond acceptors (Lipinski definition) is 4. The predicted octanol–water partition coefficient (Wildman–Crippen LogP) is 4.85. The molecule has 6 heteroatoms. The van der Waals surface area contributed by atoms with Crippen LogP contribution in [0.15, 0.2) is 41.0 Å². The topological polar surface area (TPSA) is 37.8 Å². The van der Waals surface area contributed by atoms with E-state index in [1.165, 1.54) is 0 Å². The fourth-order valence-corrected chi connectivity index (χ4v) is 3.08. The van der Waals surface area contributed by atoms with E-state index in [4.69, 9.17) is 11.6 Å². The summed E-state index contributed by atoms with van der Waals surface area (Å²) in [6.45, 7) is 0. The third kappa shape index (κ3) is 2.34. The SMILES string of the molecule is Clc1cc(Br)cnc1Nc1nc2ccccc2s1. The molecule has 0 aliphatic heterocycles. The maximum absolute atomic E-state index is 6.10. The first-order valence-corrected chi connectivity index (χ1v) is 7.15. The Balaban J connectivity index is 1.96. The number of para-hydroxylation sites is 1. The van der Waals surface area contributed by atoms with Gasteiger partial charge in [-0.3, -0.25) is 0 Å². The Hall–Kier alpha value is -1.17. The van der Waals surface area contributed by atoms with Crippen LogP contribution in [0.5, 0.6) is 0 Å². The van der Waals surface area contributed by atoms with Gasteiger partial charge in [0.05, 0.1) is 15.2 Å². The molecule has 1 N–H and O–H groups in total. The van der Waals surface area contributed by atoms with Gasteiger partial charge in [0.2, 0.25) is 0 Å². The molecule has 0 aliphatic rings. The quantitative estimate of drug-likeness (QED) is 0.724. The lowest BCUT2D eigenvalue weighted by Gasteiger charge is -2.03. The minimum absolute atomic E-state index is 0.559. The van der Waals surface area contributed by atoms with Crippen molar-refractivity contribution < 1.29 is 0 Å². The number of nitrogens with zero attached hydrogens (tertiary/aromatic N) is 2. The molecule has 0 saturated carbocycles. The highest BCUT2D eigenvalue weighted by atomic mass is 79.9. The molecule has 0 unspecified atom stereocenters. The molecule has 3 nitrogen and oxygen atoms in total. The Bertz CT molecular complexity index is 680. The molecular weight excluding hydrogens is 334 g/mol. The van der Waals surface area contributed by atoms with Gasteiger partial charge in [-0.1, -0.05) is 35.1 Å². The van der Waals surface area contributed by atoms with Crippen LogP contribution < -0.4 is 5.32 Å². The molecule has 0 fully saturated rings. The first kappa shape index (κ1) is 11.9. The summed E-state index contributed by atoms with van der Waals surface area (Å²) < 4.78 is 1.98. The average Bonchev–Trinajstić information content (AvgIpc) is 2.75. The standard InChI is InChI=1S/C12H7BrClN3S/c13-7-5-8(14)11(15-6-7)17-12-16-9-3-1-2-4-10(9)18-12/h1-6H,(H,15,16,17). The Labute approximate surface area is 121 Å². The number of hydrogen-bond donors (Lipinski definition) is 1. The molecule has 18 heavy (non-hydrogen) atoms. The van der Waals surface area contributed by atoms with Crippen molar-refractivity contribution in [3.8, 4) is 0 Å². The van der Waals surface area contributed by atoms with Crippen molar-refractivity contribution in [2.24, 2.45) is 0 Å². The zero-order valence-corrected chi connectivity index (χ0v) is 12.2. The summed E-state index contributed by atoms with van der Waals surface area (Å²) in [5, 5.41) is 4.48. The van der Waals surface area contributed by atoms with Gasteiger partial charge in [0.15, 0.2) is 10.9 Å². The van der Waals surface area contributed by atoms with Gasteiger partial charge in [-0.05, 0) is 34.1 Å². The van der Waals surface area contributed by atoms with E-state index >= 15 is 0 Å². The molecule has 0 amide bonds. The van der Waals surface area contributed by atoms with Gasteiger partial charge in [0.25, 0.3) is 0 Å². The van der Waals surface area contributed by atoms with Gasteiger partial charge in [-0.2, -0.15) is 0 Å². The third-order valence-corrected chi connectivity index (χ3v) is 4.00. The summed E-state index contributed by atoms with van der Waals surface area (Å²) >= 11 is 11.0. The minimum Gasteiger partial charge on any atom is -0.315 e. The van der Waals surface area contributed by atoms with Crippen molar-refractivity contribution in [1.82, 2.24) is 9.97 Å². The van der Waals surface area contributed by atoms with Gasteiger partial charge in [-0.25, -0.2) is 9.97 Å². The number of rotatable bonds is 2. The summed E-state index contributed by atoms with van der Waals surface area (Å²) in [7, 11) is 0.